The van der Waals surface area contributed by atoms with Gasteiger partial charge >= 0.3 is 0 Å². The molecule has 0 saturated heterocycles. The number of aromatic nitrogens is 2. The predicted molar refractivity (Wildman–Crippen MR) is 92.6 cm³/mol. The van der Waals surface area contributed by atoms with E-state index in [1.807, 2.05) is 6.92 Å². The Bertz CT molecular complexity index is 619. The Morgan fingerprint density at radius 2 is 1.88 bits per heavy atom. The van der Waals surface area contributed by atoms with Crippen LogP contribution in [0.25, 0.3) is 0 Å². The molecule has 5 nitrogen and oxygen atoms in total. The van der Waals surface area contributed by atoms with Gasteiger partial charge in [0.1, 0.15) is 5.82 Å². The van der Waals surface area contributed by atoms with Crippen LogP contribution in [0.15, 0.2) is 10.9 Å². The average Bonchev–Trinajstić information content (AvgIpc) is 2.44. The molecule has 0 aliphatic heterocycles. The van der Waals surface area contributed by atoms with Gasteiger partial charge in [-0.1, -0.05) is 0 Å². The quantitative estimate of drug-likeness (QED) is 0.837. The number of aliphatic hydroxyl groups is 1. The number of aromatic amines is 1. The lowest BCUT2D eigenvalue weighted by atomic mass is 9.49. The zero-order valence-corrected chi connectivity index (χ0v) is 14.6. The van der Waals surface area contributed by atoms with Gasteiger partial charge in [0.2, 0.25) is 0 Å². The molecule has 0 spiro atoms. The summed E-state index contributed by atoms with van der Waals surface area (Å²) >= 11 is 0. The summed E-state index contributed by atoms with van der Waals surface area (Å²) in [7, 11) is 0. The highest BCUT2D eigenvalue weighted by Crippen LogP contribution is 2.60. The molecular formula is C19H29N3O2. The van der Waals surface area contributed by atoms with Crippen LogP contribution in [-0.4, -0.2) is 39.7 Å². The first-order chi connectivity index (χ1) is 11.5. The third kappa shape index (κ3) is 3.29. The Kier molecular flexibility index (Phi) is 4.25. The van der Waals surface area contributed by atoms with Crippen molar-refractivity contribution in [1.82, 2.24) is 14.9 Å². The van der Waals surface area contributed by atoms with Crippen molar-refractivity contribution in [3.05, 3.63) is 27.9 Å². The molecule has 132 valence electrons. The number of nitrogens with zero attached hydrogens (tertiary/aromatic N) is 2. The number of H-pyrrole nitrogens is 1. The standard InChI is InChI=1S/C19H29N3O2/c1-13-20-17(7-18(24)21-13)11-22(2-3-23)12-19-8-14-4-15(9-19)6-16(5-14)10-19/h7,14-16,23H,2-6,8-12H2,1H3,(H,20,21,24). The summed E-state index contributed by atoms with van der Waals surface area (Å²) in [6.07, 6.45) is 8.45. The lowest BCUT2D eigenvalue weighted by molar-refractivity contribution is -0.0715. The number of hydrogen-bond acceptors (Lipinski definition) is 4. The molecule has 0 atom stereocenters. The molecule has 2 N–H and O–H groups in total. The molecule has 5 heteroatoms. The third-order valence-electron chi connectivity index (χ3n) is 6.44. The second kappa shape index (κ2) is 6.26. The molecule has 1 heterocycles. The first-order valence-corrected chi connectivity index (χ1v) is 9.44. The molecule has 0 radical (unpaired) electrons. The normalized spacial score (nSPS) is 34.2. The summed E-state index contributed by atoms with van der Waals surface area (Å²) in [4.78, 5) is 21.2. The van der Waals surface area contributed by atoms with Gasteiger partial charge in [-0.25, -0.2) is 4.98 Å². The molecule has 4 aliphatic rings. The Hall–Kier alpha value is -1.20. The van der Waals surface area contributed by atoms with Crippen molar-refractivity contribution in [3.8, 4) is 0 Å². The van der Waals surface area contributed by atoms with Crippen molar-refractivity contribution < 1.29 is 5.11 Å². The summed E-state index contributed by atoms with van der Waals surface area (Å²) in [6, 6.07) is 1.59. The van der Waals surface area contributed by atoms with Crippen LogP contribution in [-0.2, 0) is 6.54 Å². The lowest BCUT2D eigenvalue weighted by Gasteiger charge is -2.58. The number of hydrogen-bond donors (Lipinski definition) is 2. The lowest BCUT2D eigenvalue weighted by Crippen LogP contribution is -2.51. The van der Waals surface area contributed by atoms with Gasteiger partial charge in [-0.2, -0.15) is 0 Å². The van der Waals surface area contributed by atoms with Gasteiger partial charge in [0.05, 0.1) is 12.3 Å². The molecule has 4 saturated carbocycles. The minimum Gasteiger partial charge on any atom is -0.395 e. The Balaban J connectivity index is 1.50. The zero-order chi connectivity index (χ0) is 16.7. The van der Waals surface area contributed by atoms with E-state index >= 15 is 0 Å². The zero-order valence-electron chi connectivity index (χ0n) is 14.6. The molecule has 0 aromatic carbocycles. The minimum atomic E-state index is -0.0868. The van der Waals surface area contributed by atoms with Crippen LogP contribution in [0.3, 0.4) is 0 Å². The first-order valence-electron chi connectivity index (χ1n) is 9.44. The van der Waals surface area contributed by atoms with Crippen LogP contribution in [0.4, 0.5) is 0 Å². The minimum absolute atomic E-state index is 0.0868. The molecule has 0 amide bonds. The van der Waals surface area contributed by atoms with Crippen molar-refractivity contribution in [2.45, 2.75) is 52.0 Å². The second-order valence-corrected chi connectivity index (χ2v) is 8.67. The smallest absolute Gasteiger partial charge is 0.251 e. The molecule has 24 heavy (non-hydrogen) atoms. The summed E-state index contributed by atoms with van der Waals surface area (Å²) < 4.78 is 0. The van der Waals surface area contributed by atoms with Crippen LogP contribution in [0.5, 0.6) is 0 Å². The van der Waals surface area contributed by atoms with Crippen LogP contribution in [0.2, 0.25) is 0 Å². The first kappa shape index (κ1) is 16.3. The van der Waals surface area contributed by atoms with E-state index < -0.39 is 0 Å². The number of aryl methyl sites for hydroxylation is 1. The Morgan fingerprint density at radius 1 is 1.25 bits per heavy atom. The highest BCUT2D eigenvalue weighted by atomic mass is 16.3. The van der Waals surface area contributed by atoms with Crippen LogP contribution in [0.1, 0.15) is 50.0 Å². The fraction of sp³-hybridized carbons (Fsp3) is 0.789. The van der Waals surface area contributed by atoms with E-state index in [9.17, 15) is 9.90 Å². The molecule has 4 fully saturated rings. The summed E-state index contributed by atoms with van der Waals surface area (Å²) in [6.45, 7) is 4.35. The average molecular weight is 331 g/mol. The van der Waals surface area contributed by atoms with Crippen LogP contribution < -0.4 is 5.56 Å². The van der Waals surface area contributed by atoms with E-state index in [-0.39, 0.29) is 12.2 Å². The number of nitrogens with one attached hydrogen (secondary N) is 1. The summed E-state index contributed by atoms with van der Waals surface area (Å²) in [5.74, 6) is 3.47. The van der Waals surface area contributed by atoms with Crippen LogP contribution >= 0.6 is 0 Å². The highest BCUT2D eigenvalue weighted by Gasteiger charge is 2.51. The van der Waals surface area contributed by atoms with Crippen molar-refractivity contribution >= 4 is 0 Å². The molecule has 0 unspecified atom stereocenters. The van der Waals surface area contributed by atoms with Gasteiger partial charge in [0.25, 0.3) is 5.56 Å². The van der Waals surface area contributed by atoms with E-state index in [4.69, 9.17) is 0 Å². The topological polar surface area (TPSA) is 69.2 Å². The maximum atomic E-state index is 11.7. The van der Waals surface area contributed by atoms with Crippen molar-refractivity contribution in [2.24, 2.45) is 23.2 Å². The highest BCUT2D eigenvalue weighted by molar-refractivity contribution is 5.05. The largest absolute Gasteiger partial charge is 0.395 e. The third-order valence-corrected chi connectivity index (χ3v) is 6.44. The van der Waals surface area contributed by atoms with Crippen molar-refractivity contribution in [1.29, 1.82) is 0 Å². The Morgan fingerprint density at radius 3 is 2.42 bits per heavy atom. The second-order valence-electron chi connectivity index (χ2n) is 8.67. The fourth-order valence-corrected chi connectivity index (χ4v) is 6.26. The molecule has 1 aromatic rings. The molecule has 5 rings (SSSR count). The van der Waals surface area contributed by atoms with Gasteiger partial charge in [0, 0.05) is 25.7 Å². The summed E-state index contributed by atoms with van der Waals surface area (Å²) in [5.41, 5.74) is 1.17. The predicted octanol–water partition coefficient (Wildman–Crippen LogP) is 2.09. The van der Waals surface area contributed by atoms with Gasteiger partial charge in [-0.15, -0.1) is 0 Å². The molecule has 4 aliphatic carbocycles. The van der Waals surface area contributed by atoms with E-state index in [1.54, 1.807) is 6.07 Å². The Labute approximate surface area is 143 Å². The molecule has 4 bridgehead atoms. The number of aliphatic hydroxyl groups excluding tert-OH is 1. The molecular weight excluding hydrogens is 302 g/mol. The number of rotatable bonds is 6. The van der Waals surface area contributed by atoms with Crippen molar-refractivity contribution in [2.75, 3.05) is 19.7 Å². The monoisotopic (exact) mass is 331 g/mol. The van der Waals surface area contributed by atoms with E-state index in [0.717, 1.165) is 30.0 Å². The SMILES string of the molecule is Cc1nc(CN(CCO)CC23CC4CC(CC(C4)C2)C3)cc(=O)[nH]1. The maximum absolute atomic E-state index is 11.7. The fourth-order valence-electron chi connectivity index (χ4n) is 6.26. The summed E-state index contributed by atoms with van der Waals surface area (Å²) in [5, 5.41) is 9.51. The van der Waals surface area contributed by atoms with Gasteiger partial charge < -0.3 is 10.1 Å². The molecule has 1 aromatic heterocycles. The van der Waals surface area contributed by atoms with Gasteiger partial charge in [0.15, 0.2) is 0 Å². The van der Waals surface area contributed by atoms with E-state index in [1.165, 1.54) is 38.5 Å². The van der Waals surface area contributed by atoms with E-state index in [2.05, 4.69) is 14.9 Å². The van der Waals surface area contributed by atoms with Gasteiger partial charge in [-0.05, 0) is 68.6 Å². The van der Waals surface area contributed by atoms with E-state index in [0.29, 0.717) is 24.3 Å². The van der Waals surface area contributed by atoms with Crippen LogP contribution in [0, 0.1) is 30.1 Å². The van der Waals surface area contributed by atoms with Gasteiger partial charge in [-0.3, -0.25) is 9.69 Å². The maximum Gasteiger partial charge on any atom is 0.251 e. The van der Waals surface area contributed by atoms with Crippen molar-refractivity contribution in [3.63, 3.8) is 0 Å².